The van der Waals surface area contributed by atoms with Crippen LogP contribution in [0.1, 0.15) is 12.8 Å². The largest absolute Gasteiger partial charge is 0.480 e. The molecule has 1 saturated heterocycles. The van der Waals surface area contributed by atoms with E-state index in [2.05, 4.69) is 5.32 Å². The van der Waals surface area contributed by atoms with E-state index >= 15 is 0 Å². The van der Waals surface area contributed by atoms with Gasteiger partial charge in [0.05, 0.1) is 11.5 Å². The van der Waals surface area contributed by atoms with Gasteiger partial charge < -0.3 is 10.4 Å². The van der Waals surface area contributed by atoms with E-state index in [0.29, 0.717) is 6.42 Å². The number of carbonyl (C=O) groups is 2. The Kier molecular flexibility index (Phi) is 3.67. The molecule has 0 saturated carbocycles. The highest BCUT2D eigenvalue weighted by atomic mass is 32.2. The van der Waals surface area contributed by atoms with Crippen LogP contribution in [0.4, 0.5) is 0 Å². The third kappa shape index (κ3) is 4.28. The van der Waals surface area contributed by atoms with Crippen LogP contribution in [-0.4, -0.2) is 43.5 Å². The van der Waals surface area contributed by atoms with Crippen LogP contribution in [0, 0.1) is 5.92 Å². The van der Waals surface area contributed by atoms with Gasteiger partial charge in [0, 0.05) is 6.42 Å². The summed E-state index contributed by atoms with van der Waals surface area (Å²) < 4.78 is 22.1. The van der Waals surface area contributed by atoms with Crippen molar-refractivity contribution < 1.29 is 23.1 Å². The average Bonchev–Trinajstić information content (AvgIpc) is 2.42. The summed E-state index contributed by atoms with van der Waals surface area (Å²) in [5.74, 6) is -1.51. The van der Waals surface area contributed by atoms with Crippen LogP contribution in [0.2, 0.25) is 0 Å². The molecule has 1 heterocycles. The Morgan fingerprint density at radius 3 is 2.53 bits per heavy atom. The molecule has 1 atom stereocenters. The van der Waals surface area contributed by atoms with Gasteiger partial charge in [-0.15, -0.1) is 0 Å². The summed E-state index contributed by atoms with van der Waals surface area (Å²) in [5.41, 5.74) is 0. The van der Waals surface area contributed by atoms with E-state index in [0.717, 1.165) is 0 Å². The fourth-order valence-corrected chi connectivity index (χ4v) is 3.40. The van der Waals surface area contributed by atoms with Gasteiger partial charge >= 0.3 is 5.97 Å². The zero-order valence-corrected chi connectivity index (χ0v) is 8.92. The molecule has 0 aromatic carbocycles. The average molecular weight is 235 g/mol. The van der Waals surface area contributed by atoms with Crippen LogP contribution in [0.5, 0.6) is 0 Å². The second-order valence-electron chi connectivity index (χ2n) is 3.64. The van der Waals surface area contributed by atoms with Crippen LogP contribution in [0.3, 0.4) is 0 Å². The molecule has 0 aliphatic carbocycles. The first-order valence-electron chi connectivity index (χ1n) is 4.58. The monoisotopic (exact) mass is 235 g/mol. The maximum Gasteiger partial charge on any atom is 0.322 e. The van der Waals surface area contributed by atoms with Crippen molar-refractivity contribution in [3.63, 3.8) is 0 Å². The van der Waals surface area contributed by atoms with Gasteiger partial charge in [-0.3, -0.25) is 9.59 Å². The fourth-order valence-electron chi connectivity index (χ4n) is 1.54. The minimum Gasteiger partial charge on any atom is -0.480 e. The van der Waals surface area contributed by atoms with Gasteiger partial charge in [-0.25, -0.2) is 8.42 Å². The molecule has 7 heteroatoms. The normalized spacial score (nSPS) is 23.6. The predicted molar refractivity (Wildman–Crippen MR) is 52.0 cm³/mol. The minimum atomic E-state index is -2.97. The van der Waals surface area contributed by atoms with Gasteiger partial charge in [-0.2, -0.15) is 0 Å². The number of sulfone groups is 1. The molecule has 86 valence electrons. The number of aliphatic carboxylic acids is 1. The molecule has 1 aliphatic rings. The van der Waals surface area contributed by atoms with E-state index in [1.54, 1.807) is 0 Å². The highest BCUT2D eigenvalue weighted by Crippen LogP contribution is 2.21. The van der Waals surface area contributed by atoms with Crippen molar-refractivity contribution in [3.05, 3.63) is 0 Å². The third-order valence-electron chi connectivity index (χ3n) is 2.24. The van der Waals surface area contributed by atoms with Crippen molar-refractivity contribution in [2.75, 3.05) is 18.1 Å². The summed E-state index contributed by atoms with van der Waals surface area (Å²) >= 11 is 0. The van der Waals surface area contributed by atoms with Gasteiger partial charge in [0.1, 0.15) is 6.54 Å². The minimum absolute atomic E-state index is 0.0352. The molecule has 1 amide bonds. The first-order chi connectivity index (χ1) is 6.89. The summed E-state index contributed by atoms with van der Waals surface area (Å²) in [5, 5.41) is 10.5. The molecule has 1 rings (SSSR count). The Hall–Kier alpha value is -1.11. The summed E-state index contributed by atoms with van der Waals surface area (Å²) in [7, 11) is -2.97. The maximum absolute atomic E-state index is 11.1. The molecular formula is C8H13NO5S. The molecule has 2 N–H and O–H groups in total. The molecular weight excluding hydrogens is 222 g/mol. The van der Waals surface area contributed by atoms with Crippen molar-refractivity contribution in [2.24, 2.45) is 5.92 Å². The molecule has 1 aliphatic heterocycles. The number of amides is 1. The predicted octanol–water partition coefficient (Wildman–Crippen LogP) is -0.988. The van der Waals surface area contributed by atoms with Crippen molar-refractivity contribution in [1.29, 1.82) is 0 Å². The summed E-state index contributed by atoms with van der Waals surface area (Å²) in [6, 6.07) is 0. The SMILES string of the molecule is O=C(O)CNC(=O)CC1CCS(=O)(=O)C1. The molecule has 1 unspecified atom stereocenters. The highest BCUT2D eigenvalue weighted by Gasteiger charge is 2.29. The van der Waals surface area contributed by atoms with Crippen LogP contribution in [0.25, 0.3) is 0 Å². The lowest BCUT2D eigenvalue weighted by atomic mass is 10.1. The Balaban J connectivity index is 2.31. The van der Waals surface area contributed by atoms with Crippen LogP contribution in [0.15, 0.2) is 0 Å². The Morgan fingerprint density at radius 2 is 2.07 bits per heavy atom. The zero-order valence-electron chi connectivity index (χ0n) is 8.10. The molecule has 15 heavy (non-hydrogen) atoms. The van der Waals surface area contributed by atoms with Crippen LogP contribution in [-0.2, 0) is 19.4 Å². The van der Waals surface area contributed by atoms with E-state index in [1.807, 2.05) is 0 Å². The van der Waals surface area contributed by atoms with Gasteiger partial charge in [-0.05, 0) is 12.3 Å². The number of rotatable bonds is 4. The fraction of sp³-hybridized carbons (Fsp3) is 0.750. The van der Waals surface area contributed by atoms with E-state index in [4.69, 9.17) is 5.11 Å². The summed E-state index contributed by atoms with van der Waals surface area (Å²) in [4.78, 5) is 21.3. The number of nitrogens with one attached hydrogen (secondary N) is 1. The first kappa shape index (κ1) is 12.0. The van der Waals surface area contributed by atoms with Gasteiger partial charge in [0.15, 0.2) is 9.84 Å². The van der Waals surface area contributed by atoms with E-state index in [1.165, 1.54) is 0 Å². The third-order valence-corrected chi connectivity index (χ3v) is 4.07. The highest BCUT2D eigenvalue weighted by molar-refractivity contribution is 7.91. The smallest absolute Gasteiger partial charge is 0.322 e. The summed E-state index contributed by atoms with van der Waals surface area (Å²) in [6.45, 7) is -0.418. The van der Waals surface area contributed by atoms with E-state index in [9.17, 15) is 18.0 Å². The van der Waals surface area contributed by atoms with Crippen molar-refractivity contribution >= 4 is 21.7 Å². The number of carboxylic acid groups (broad SMARTS) is 1. The second-order valence-corrected chi connectivity index (χ2v) is 5.87. The standard InChI is InChI=1S/C8H13NO5S/c10-7(9-4-8(11)12)3-6-1-2-15(13,14)5-6/h6H,1-5H2,(H,9,10)(H,11,12). The number of carboxylic acids is 1. The molecule has 0 aromatic heterocycles. The van der Waals surface area contributed by atoms with Gasteiger partial charge in [0.25, 0.3) is 0 Å². The zero-order chi connectivity index (χ0) is 11.5. The maximum atomic E-state index is 11.1. The van der Waals surface area contributed by atoms with E-state index in [-0.39, 0.29) is 23.8 Å². The Morgan fingerprint density at radius 1 is 1.40 bits per heavy atom. The Bertz CT molecular complexity index is 361. The number of hydrogen-bond acceptors (Lipinski definition) is 4. The molecule has 0 bridgehead atoms. The lowest BCUT2D eigenvalue weighted by molar-refractivity contribution is -0.138. The van der Waals surface area contributed by atoms with Crippen molar-refractivity contribution in [1.82, 2.24) is 5.32 Å². The quantitative estimate of drug-likeness (QED) is 0.651. The number of carbonyl (C=O) groups excluding carboxylic acids is 1. The van der Waals surface area contributed by atoms with Gasteiger partial charge in [-0.1, -0.05) is 0 Å². The van der Waals surface area contributed by atoms with Crippen LogP contribution < -0.4 is 5.32 Å². The van der Waals surface area contributed by atoms with Crippen molar-refractivity contribution in [2.45, 2.75) is 12.8 Å². The second kappa shape index (κ2) is 4.61. The van der Waals surface area contributed by atoms with E-state index < -0.39 is 28.3 Å². The first-order valence-corrected chi connectivity index (χ1v) is 6.40. The molecule has 0 spiro atoms. The Labute approximate surface area is 87.6 Å². The molecule has 0 radical (unpaired) electrons. The lowest BCUT2D eigenvalue weighted by Gasteiger charge is -2.06. The molecule has 0 aromatic rings. The number of hydrogen-bond donors (Lipinski definition) is 2. The van der Waals surface area contributed by atoms with Crippen LogP contribution >= 0.6 is 0 Å². The lowest BCUT2D eigenvalue weighted by Crippen LogP contribution is -2.30. The van der Waals surface area contributed by atoms with Crippen molar-refractivity contribution in [3.8, 4) is 0 Å². The molecule has 6 nitrogen and oxygen atoms in total. The summed E-state index contributed by atoms with van der Waals surface area (Å²) in [6.07, 6.45) is 0.579. The van der Waals surface area contributed by atoms with Gasteiger partial charge in [0.2, 0.25) is 5.91 Å². The molecule has 1 fully saturated rings. The topological polar surface area (TPSA) is 101 Å².